The Morgan fingerprint density at radius 1 is 0.533 bits per heavy atom. The second-order valence-electron chi connectivity index (χ2n) is 12.1. The maximum atomic E-state index is 11.0. The number of aliphatic carboxylic acids is 1. The fourth-order valence-electron chi connectivity index (χ4n) is 5.13. The molecule has 0 fully saturated rings. The number of hydrogen-bond donors (Lipinski definition) is 3. The molecule has 5 heteroatoms. The third-order valence-corrected chi connectivity index (χ3v) is 7.68. The van der Waals surface area contributed by atoms with Gasteiger partial charge < -0.3 is 15.3 Å². The number of allylic oxidation sites excluding steroid dienone is 12. The minimum atomic E-state index is -0.798. The van der Waals surface area contributed by atoms with E-state index in [0.717, 1.165) is 89.9 Å². The molecule has 3 N–H and O–H groups in total. The van der Waals surface area contributed by atoms with E-state index in [-0.39, 0.29) is 6.42 Å². The zero-order chi connectivity index (χ0) is 33.1. The molecule has 0 rings (SSSR count). The number of aliphatic hydroxyl groups is 2. The molecule has 0 bridgehead atoms. The van der Waals surface area contributed by atoms with Crippen LogP contribution in [0.25, 0.3) is 0 Å². The molecule has 45 heavy (non-hydrogen) atoms. The molecule has 0 aromatic heterocycles. The van der Waals surface area contributed by atoms with Crippen molar-refractivity contribution in [2.45, 2.75) is 154 Å². The molecule has 2 unspecified atom stereocenters. The maximum Gasteiger partial charge on any atom is 0.303 e. The van der Waals surface area contributed by atoms with Gasteiger partial charge in [0.1, 0.15) is 0 Å². The van der Waals surface area contributed by atoms with Crippen LogP contribution in [0.5, 0.6) is 0 Å². The molecular weight excluding hydrogens is 558 g/mol. The predicted octanol–water partition coefficient (Wildman–Crippen LogP) is 10.3. The molecule has 0 aromatic rings. The first-order valence-corrected chi connectivity index (χ1v) is 18.2. The molecule has 258 valence electrons. The number of carbonyl (C=O) groups is 1. The van der Waals surface area contributed by atoms with Crippen LogP contribution in [0.3, 0.4) is 0 Å². The summed E-state index contributed by atoms with van der Waals surface area (Å²) >= 11 is 0. The summed E-state index contributed by atoms with van der Waals surface area (Å²) in [6.07, 6.45) is 45.3. The van der Waals surface area contributed by atoms with Gasteiger partial charge >= 0.3 is 5.97 Å². The first-order chi connectivity index (χ1) is 22.0. The number of carboxylic acids is 1. The number of aliphatic hydroxyl groups excluding tert-OH is 2. The standard InChI is InChI=1S/C40H69NO4/c1-3-5-7-9-11-13-15-17-19-21-23-25-27-29-32-38(42)36-41(35-31-34-40(44)45)37-39(43)33-30-28-26-24-22-20-18-16-14-12-10-8-6-4-2/h5-8,11-14,17-20,38-39,42-43H,3-4,9-10,15-16,21-37H2,1-2H3,(H,44,45)/b7-5-,8-6-,13-11-,14-12-,19-17-,20-18-. The number of unbranched alkanes of at least 4 members (excludes halogenated alkanes) is 8. The first kappa shape index (κ1) is 42.8. The van der Waals surface area contributed by atoms with E-state index in [1.807, 2.05) is 0 Å². The predicted molar refractivity (Wildman–Crippen MR) is 195 cm³/mol. The third-order valence-electron chi connectivity index (χ3n) is 7.68. The summed E-state index contributed by atoms with van der Waals surface area (Å²) in [7, 11) is 0. The Labute approximate surface area is 277 Å². The van der Waals surface area contributed by atoms with Crippen LogP contribution in [-0.4, -0.2) is 58.0 Å². The molecule has 0 amide bonds. The molecule has 0 spiro atoms. The largest absolute Gasteiger partial charge is 0.481 e. The van der Waals surface area contributed by atoms with Crippen molar-refractivity contribution >= 4 is 5.97 Å². The molecule has 0 aliphatic rings. The van der Waals surface area contributed by atoms with Gasteiger partial charge in [-0.15, -0.1) is 0 Å². The van der Waals surface area contributed by atoms with Crippen LogP contribution in [0.1, 0.15) is 142 Å². The van der Waals surface area contributed by atoms with E-state index < -0.39 is 18.2 Å². The molecule has 0 aliphatic carbocycles. The number of hydrogen-bond acceptors (Lipinski definition) is 4. The van der Waals surface area contributed by atoms with Gasteiger partial charge in [0, 0.05) is 19.5 Å². The normalized spacial score (nSPS) is 14.2. The van der Waals surface area contributed by atoms with Gasteiger partial charge in [-0.05, 0) is 90.0 Å². The lowest BCUT2D eigenvalue weighted by molar-refractivity contribution is -0.137. The van der Waals surface area contributed by atoms with Crippen LogP contribution in [0.15, 0.2) is 72.9 Å². The third kappa shape index (κ3) is 34.5. The van der Waals surface area contributed by atoms with Crippen LogP contribution >= 0.6 is 0 Å². The van der Waals surface area contributed by atoms with Crippen molar-refractivity contribution in [1.82, 2.24) is 4.90 Å². The smallest absolute Gasteiger partial charge is 0.303 e. The van der Waals surface area contributed by atoms with Crippen LogP contribution in [0, 0.1) is 0 Å². The van der Waals surface area contributed by atoms with Crippen LogP contribution in [0.4, 0.5) is 0 Å². The summed E-state index contributed by atoms with van der Waals surface area (Å²) in [4.78, 5) is 13.1. The van der Waals surface area contributed by atoms with E-state index in [4.69, 9.17) is 5.11 Å². The highest BCUT2D eigenvalue weighted by molar-refractivity contribution is 5.66. The van der Waals surface area contributed by atoms with Crippen molar-refractivity contribution in [3.05, 3.63) is 72.9 Å². The highest BCUT2D eigenvalue weighted by Gasteiger charge is 2.16. The monoisotopic (exact) mass is 628 g/mol. The van der Waals surface area contributed by atoms with E-state index in [1.54, 1.807) is 0 Å². The van der Waals surface area contributed by atoms with Crippen LogP contribution < -0.4 is 0 Å². The number of nitrogens with zero attached hydrogens (tertiary/aromatic N) is 1. The molecule has 5 nitrogen and oxygen atoms in total. The fourth-order valence-corrected chi connectivity index (χ4v) is 5.13. The Bertz CT molecular complexity index is 768. The summed E-state index contributed by atoms with van der Waals surface area (Å²) < 4.78 is 0. The molecule has 0 heterocycles. The van der Waals surface area contributed by atoms with E-state index in [2.05, 4.69) is 91.7 Å². The molecular formula is C40H69NO4. The van der Waals surface area contributed by atoms with Gasteiger partial charge in [0.25, 0.3) is 0 Å². The Balaban J connectivity index is 4.09. The van der Waals surface area contributed by atoms with E-state index in [1.165, 1.54) is 25.7 Å². The summed E-state index contributed by atoms with van der Waals surface area (Å²) in [5.41, 5.74) is 0. The molecule has 0 aliphatic heterocycles. The second kappa shape index (κ2) is 34.7. The summed E-state index contributed by atoms with van der Waals surface area (Å²) in [5.74, 6) is -0.798. The topological polar surface area (TPSA) is 81.0 Å². The average Bonchev–Trinajstić information content (AvgIpc) is 3.01. The summed E-state index contributed by atoms with van der Waals surface area (Å²) in [6, 6.07) is 0. The van der Waals surface area contributed by atoms with Gasteiger partial charge in [0.2, 0.25) is 0 Å². The number of carboxylic acid groups (broad SMARTS) is 1. The molecule has 0 saturated carbocycles. The molecule has 0 radical (unpaired) electrons. The summed E-state index contributed by atoms with van der Waals surface area (Å²) in [6.45, 7) is 5.89. The van der Waals surface area contributed by atoms with Crippen molar-refractivity contribution in [2.24, 2.45) is 0 Å². The van der Waals surface area contributed by atoms with E-state index >= 15 is 0 Å². The SMILES string of the molecule is CC/C=C\C/C=C\C/C=C\CCCCCCC(O)CN(CCCC(=O)O)CC(O)CCCCCC/C=C\C/C=C\C/C=C\CC. The lowest BCUT2D eigenvalue weighted by atomic mass is 10.1. The van der Waals surface area contributed by atoms with Crippen molar-refractivity contribution in [3.8, 4) is 0 Å². The highest BCUT2D eigenvalue weighted by atomic mass is 16.4. The lowest BCUT2D eigenvalue weighted by Gasteiger charge is -2.27. The highest BCUT2D eigenvalue weighted by Crippen LogP contribution is 2.13. The van der Waals surface area contributed by atoms with Crippen molar-refractivity contribution < 1.29 is 20.1 Å². The summed E-state index contributed by atoms with van der Waals surface area (Å²) in [5, 5.41) is 30.4. The van der Waals surface area contributed by atoms with Gasteiger partial charge in [-0.25, -0.2) is 0 Å². The van der Waals surface area contributed by atoms with Crippen LogP contribution in [-0.2, 0) is 4.79 Å². The molecule has 0 aromatic carbocycles. The number of rotatable bonds is 32. The molecule has 0 saturated heterocycles. The van der Waals surface area contributed by atoms with Crippen molar-refractivity contribution in [3.63, 3.8) is 0 Å². The maximum absolute atomic E-state index is 11.0. The second-order valence-corrected chi connectivity index (χ2v) is 12.1. The quantitative estimate of drug-likeness (QED) is 0.0511. The molecule has 2 atom stereocenters. The Morgan fingerprint density at radius 2 is 0.911 bits per heavy atom. The Hall–Kier alpha value is -2.21. The zero-order valence-corrected chi connectivity index (χ0v) is 29.0. The minimum Gasteiger partial charge on any atom is -0.481 e. The van der Waals surface area contributed by atoms with Gasteiger partial charge in [-0.3, -0.25) is 9.69 Å². The minimum absolute atomic E-state index is 0.116. The van der Waals surface area contributed by atoms with Gasteiger partial charge in [-0.2, -0.15) is 0 Å². The first-order valence-electron chi connectivity index (χ1n) is 18.2. The van der Waals surface area contributed by atoms with E-state index in [0.29, 0.717) is 26.1 Å². The van der Waals surface area contributed by atoms with Crippen molar-refractivity contribution in [1.29, 1.82) is 0 Å². The zero-order valence-electron chi connectivity index (χ0n) is 29.0. The van der Waals surface area contributed by atoms with Gasteiger partial charge in [0.15, 0.2) is 0 Å². The average molecular weight is 628 g/mol. The Kier molecular flexibility index (Phi) is 33.0. The van der Waals surface area contributed by atoms with E-state index in [9.17, 15) is 15.0 Å². The van der Waals surface area contributed by atoms with Crippen LogP contribution in [0.2, 0.25) is 0 Å². The fraction of sp³-hybridized carbons (Fsp3) is 0.675. The van der Waals surface area contributed by atoms with Gasteiger partial charge in [-0.1, -0.05) is 125 Å². The van der Waals surface area contributed by atoms with Crippen molar-refractivity contribution in [2.75, 3.05) is 19.6 Å². The Morgan fingerprint density at radius 3 is 1.31 bits per heavy atom. The van der Waals surface area contributed by atoms with Gasteiger partial charge in [0.05, 0.1) is 12.2 Å². The lowest BCUT2D eigenvalue weighted by Crippen LogP contribution is -2.38.